The molecule has 0 aromatic carbocycles. The van der Waals surface area contributed by atoms with Crippen molar-refractivity contribution in [3.63, 3.8) is 0 Å². The quantitative estimate of drug-likeness (QED) is 0.501. The minimum absolute atomic E-state index is 0.907. The van der Waals surface area contributed by atoms with E-state index in [1.165, 1.54) is 38.5 Å². The van der Waals surface area contributed by atoms with E-state index >= 15 is 0 Å². The number of rotatable bonds is 4. The molecule has 0 atom stereocenters. The molecular weight excluding hydrogens is 252 g/mol. The maximum atomic E-state index is 2.45. The summed E-state index contributed by atoms with van der Waals surface area (Å²) in [5, 5.41) is 0. The molecule has 0 spiro atoms. The van der Waals surface area contributed by atoms with Crippen molar-refractivity contribution in [1.29, 1.82) is 0 Å². The summed E-state index contributed by atoms with van der Waals surface area (Å²) in [4.78, 5) is 0. The van der Waals surface area contributed by atoms with Gasteiger partial charge in [-0.15, -0.1) is 0 Å². The summed E-state index contributed by atoms with van der Waals surface area (Å²) in [6.45, 7) is 2.18. The second-order valence-corrected chi connectivity index (χ2v) is 8.37. The SMILES string of the molecule is C/C=C/C1CCC(CC2CCC(C3CCCC3)CC2)CC1. The highest BCUT2D eigenvalue weighted by molar-refractivity contribution is 4.89. The molecule has 0 saturated heterocycles. The predicted octanol–water partition coefficient (Wildman–Crippen LogP) is 6.76. The topological polar surface area (TPSA) is 0 Å². The summed E-state index contributed by atoms with van der Waals surface area (Å²) in [5.41, 5.74) is 0. The van der Waals surface area contributed by atoms with E-state index in [-0.39, 0.29) is 0 Å². The van der Waals surface area contributed by atoms with E-state index < -0.39 is 0 Å². The normalized spacial score (nSPS) is 39.1. The third-order valence-electron chi connectivity index (χ3n) is 6.98. The smallest absolute Gasteiger partial charge is 0.0233 e. The van der Waals surface area contributed by atoms with Gasteiger partial charge in [-0.05, 0) is 81.5 Å². The maximum Gasteiger partial charge on any atom is -0.0233 e. The number of hydrogen-bond acceptors (Lipinski definition) is 0. The van der Waals surface area contributed by atoms with E-state index in [0.717, 1.165) is 29.6 Å². The lowest BCUT2D eigenvalue weighted by atomic mass is 9.70. The highest BCUT2D eigenvalue weighted by Gasteiger charge is 2.30. The van der Waals surface area contributed by atoms with Crippen LogP contribution in [0.25, 0.3) is 0 Å². The first-order valence-electron chi connectivity index (χ1n) is 9.98. The van der Waals surface area contributed by atoms with Gasteiger partial charge in [0.1, 0.15) is 0 Å². The lowest BCUT2D eigenvalue weighted by molar-refractivity contribution is 0.169. The minimum atomic E-state index is 0.907. The first-order valence-corrected chi connectivity index (χ1v) is 9.98. The van der Waals surface area contributed by atoms with E-state index in [9.17, 15) is 0 Å². The van der Waals surface area contributed by atoms with Crippen LogP contribution in [0.15, 0.2) is 12.2 Å². The molecule has 0 aromatic rings. The van der Waals surface area contributed by atoms with Crippen LogP contribution in [0.5, 0.6) is 0 Å². The van der Waals surface area contributed by atoms with Crippen molar-refractivity contribution < 1.29 is 0 Å². The van der Waals surface area contributed by atoms with Crippen LogP contribution in [0.3, 0.4) is 0 Å². The van der Waals surface area contributed by atoms with Gasteiger partial charge in [-0.1, -0.05) is 50.7 Å². The lowest BCUT2D eigenvalue weighted by Gasteiger charge is -2.35. The second kappa shape index (κ2) is 7.84. The third kappa shape index (κ3) is 4.36. The summed E-state index contributed by atoms with van der Waals surface area (Å²) in [5.74, 6) is 5.31. The van der Waals surface area contributed by atoms with Crippen LogP contribution in [0.1, 0.15) is 90.4 Å². The molecule has 0 heterocycles. The van der Waals surface area contributed by atoms with E-state index in [0.29, 0.717) is 0 Å². The fourth-order valence-electron chi connectivity index (χ4n) is 5.68. The van der Waals surface area contributed by atoms with E-state index in [2.05, 4.69) is 19.1 Å². The molecular formula is C21H36. The van der Waals surface area contributed by atoms with Crippen LogP contribution in [-0.4, -0.2) is 0 Å². The molecule has 0 nitrogen and oxygen atoms in total. The average molecular weight is 289 g/mol. The highest BCUT2D eigenvalue weighted by atomic mass is 14.4. The summed E-state index contributed by atoms with van der Waals surface area (Å²) in [6.07, 6.45) is 24.7. The lowest BCUT2D eigenvalue weighted by Crippen LogP contribution is -2.23. The fourth-order valence-corrected chi connectivity index (χ4v) is 5.68. The molecule has 3 aliphatic rings. The van der Waals surface area contributed by atoms with E-state index in [1.807, 2.05) is 0 Å². The average Bonchev–Trinajstić information content (AvgIpc) is 3.05. The molecule has 120 valence electrons. The molecule has 0 aromatic heterocycles. The van der Waals surface area contributed by atoms with Crippen molar-refractivity contribution in [2.24, 2.45) is 29.6 Å². The highest BCUT2D eigenvalue weighted by Crippen LogP contribution is 2.43. The number of allylic oxidation sites excluding steroid dienone is 2. The van der Waals surface area contributed by atoms with Gasteiger partial charge in [0.05, 0.1) is 0 Å². The molecule has 3 aliphatic carbocycles. The number of hydrogen-bond donors (Lipinski definition) is 0. The second-order valence-electron chi connectivity index (χ2n) is 8.37. The van der Waals surface area contributed by atoms with Crippen molar-refractivity contribution in [3.05, 3.63) is 12.2 Å². The monoisotopic (exact) mass is 288 g/mol. The van der Waals surface area contributed by atoms with Gasteiger partial charge in [-0.2, -0.15) is 0 Å². The molecule has 0 amide bonds. The van der Waals surface area contributed by atoms with Crippen LogP contribution in [-0.2, 0) is 0 Å². The third-order valence-corrected chi connectivity index (χ3v) is 6.98. The largest absolute Gasteiger partial charge is 0.0914 e. The standard InChI is InChI=1S/C21H36/c1-2-5-17-8-10-18(11-9-17)16-19-12-14-21(15-13-19)20-6-3-4-7-20/h2,5,17-21H,3-4,6-16H2,1H3/b5-2+. The zero-order valence-corrected chi connectivity index (χ0v) is 14.2. The van der Waals surface area contributed by atoms with Gasteiger partial charge in [0.2, 0.25) is 0 Å². The Morgan fingerprint density at radius 2 is 1.19 bits per heavy atom. The van der Waals surface area contributed by atoms with Gasteiger partial charge in [0, 0.05) is 0 Å². The van der Waals surface area contributed by atoms with Gasteiger partial charge in [0.15, 0.2) is 0 Å². The Hall–Kier alpha value is -0.260. The summed E-state index contributed by atoms with van der Waals surface area (Å²) >= 11 is 0. The van der Waals surface area contributed by atoms with Crippen LogP contribution in [0.2, 0.25) is 0 Å². The van der Waals surface area contributed by atoms with Crippen LogP contribution >= 0.6 is 0 Å². The van der Waals surface area contributed by atoms with Gasteiger partial charge in [-0.25, -0.2) is 0 Å². The Morgan fingerprint density at radius 1 is 0.667 bits per heavy atom. The van der Waals surface area contributed by atoms with E-state index in [4.69, 9.17) is 0 Å². The Bertz CT molecular complexity index is 307. The van der Waals surface area contributed by atoms with Crippen molar-refractivity contribution >= 4 is 0 Å². The summed E-state index contributed by atoms with van der Waals surface area (Å²) in [7, 11) is 0. The summed E-state index contributed by atoms with van der Waals surface area (Å²) in [6, 6.07) is 0. The van der Waals surface area contributed by atoms with Crippen molar-refractivity contribution in [2.45, 2.75) is 90.4 Å². The van der Waals surface area contributed by atoms with Crippen molar-refractivity contribution in [3.8, 4) is 0 Å². The Kier molecular flexibility index (Phi) is 5.83. The molecule has 21 heavy (non-hydrogen) atoms. The molecule has 3 fully saturated rings. The molecule has 0 heteroatoms. The van der Waals surface area contributed by atoms with Crippen molar-refractivity contribution in [1.82, 2.24) is 0 Å². The van der Waals surface area contributed by atoms with Gasteiger partial charge in [0.25, 0.3) is 0 Å². The van der Waals surface area contributed by atoms with E-state index in [1.54, 1.807) is 44.9 Å². The van der Waals surface area contributed by atoms with Gasteiger partial charge in [-0.3, -0.25) is 0 Å². The summed E-state index contributed by atoms with van der Waals surface area (Å²) < 4.78 is 0. The first kappa shape index (κ1) is 15.6. The first-order chi connectivity index (χ1) is 10.3. The Morgan fingerprint density at radius 3 is 1.76 bits per heavy atom. The molecule has 0 unspecified atom stereocenters. The van der Waals surface area contributed by atoms with Crippen LogP contribution < -0.4 is 0 Å². The molecule has 0 aliphatic heterocycles. The molecule has 0 radical (unpaired) electrons. The molecule has 3 saturated carbocycles. The van der Waals surface area contributed by atoms with Gasteiger partial charge < -0.3 is 0 Å². The minimum Gasteiger partial charge on any atom is -0.0914 e. The van der Waals surface area contributed by atoms with Crippen molar-refractivity contribution in [2.75, 3.05) is 0 Å². The van der Waals surface area contributed by atoms with Crippen LogP contribution in [0.4, 0.5) is 0 Å². The Labute approximate surface area is 132 Å². The maximum absolute atomic E-state index is 2.45. The predicted molar refractivity (Wildman–Crippen MR) is 92.3 cm³/mol. The van der Waals surface area contributed by atoms with Gasteiger partial charge >= 0.3 is 0 Å². The fraction of sp³-hybridized carbons (Fsp3) is 0.905. The molecule has 0 N–H and O–H groups in total. The zero-order valence-electron chi connectivity index (χ0n) is 14.2. The molecule has 0 bridgehead atoms. The zero-order chi connectivity index (χ0) is 14.5. The molecule has 3 rings (SSSR count). The van der Waals surface area contributed by atoms with Crippen LogP contribution in [0, 0.1) is 29.6 Å². The Balaban J connectivity index is 1.36.